The first-order valence-corrected chi connectivity index (χ1v) is 6.25. The number of halogens is 2. The van der Waals surface area contributed by atoms with Gasteiger partial charge < -0.3 is 14.8 Å². The maximum atomic E-state index is 10.7. The van der Waals surface area contributed by atoms with Crippen LogP contribution in [-0.4, -0.2) is 25.2 Å². The van der Waals surface area contributed by atoms with Gasteiger partial charge in [-0.05, 0) is 22.0 Å². The molecule has 6 heteroatoms. The van der Waals surface area contributed by atoms with Crippen molar-refractivity contribution in [3.05, 3.63) is 21.6 Å². The van der Waals surface area contributed by atoms with Crippen molar-refractivity contribution in [2.45, 2.75) is 13.0 Å². The van der Waals surface area contributed by atoms with E-state index in [0.717, 1.165) is 10.2 Å². The van der Waals surface area contributed by atoms with Crippen LogP contribution >= 0.6 is 27.5 Å². The second-order valence-electron chi connectivity index (χ2n) is 3.72. The van der Waals surface area contributed by atoms with Gasteiger partial charge in [0.1, 0.15) is 19.0 Å². The molecule has 0 aromatic heterocycles. The van der Waals surface area contributed by atoms with E-state index in [-0.39, 0.29) is 18.6 Å². The van der Waals surface area contributed by atoms with Crippen molar-refractivity contribution < 1.29 is 14.3 Å². The van der Waals surface area contributed by atoms with Gasteiger partial charge in [0.2, 0.25) is 0 Å². The lowest BCUT2D eigenvalue weighted by molar-refractivity contribution is -0.141. The van der Waals surface area contributed by atoms with Crippen molar-refractivity contribution >= 4 is 39.2 Å². The summed E-state index contributed by atoms with van der Waals surface area (Å²) in [4.78, 5) is 10.7. The van der Waals surface area contributed by atoms with Crippen molar-refractivity contribution in [2.24, 2.45) is 0 Å². The van der Waals surface area contributed by atoms with Gasteiger partial charge >= 0.3 is 5.97 Å². The van der Waals surface area contributed by atoms with Crippen LogP contribution in [0.4, 0.5) is 5.69 Å². The lowest BCUT2D eigenvalue weighted by atomic mass is 10.2. The number of carbonyl (C=O) groups excluding carboxylic acids is 1. The highest BCUT2D eigenvalue weighted by atomic mass is 79.9. The van der Waals surface area contributed by atoms with Gasteiger partial charge in [-0.15, -0.1) is 0 Å². The highest BCUT2D eigenvalue weighted by molar-refractivity contribution is 9.10. The molecule has 0 fully saturated rings. The minimum absolute atomic E-state index is 0.0520. The van der Waals surface area contributed by atoms with Crippen LogP contribution in [-0.2, 0) is 9.53 Å². The predicted molar refractivity (Wildman–Crippen MR) is 68.7 cm³/mol. The Morgan fingerprint density at radius 1 is 1.71 bits per heavy atom. The van der Waals surface area contributed by atoms with E-state index >= 15 is 0 Å². The van der Waals surface area contributed by atoms with Crippen molar-refractivity contribution in [1.82, 2.24) is 0 Å². The molecule has 4 nitrogen and oxygen atoms in total. The van der Waals surface area contributed by atoms with E-state index in [2.05, 4.69) is 21.2 Å². The third-order valence-corrected chi connectivity index (χ3v) is 3.14. The fraction of sp³-hybridized carbons (Fsp3) is 0.364. The molecule has 0 saturated heterocycles. The molecule has 1 aliphatic heterocycles. The van der Waals surface area contributed by atoms with Gasteiger partial charge in [0, 0.05) is 22.5 Å². The van der Waals surface area contributed by atoms with Crippen LogP contribution in [0.15, 0.2) is 16.6 Å². The van der Waals surface area contributed by atoms with Crippen LogP contribution in [0.2, 0.25) is 5.02 Å². The zero-order valence-electron chi connectivity index (χ0n) is 9.13. The van der Waals surface area contributed by atoms with Crippen LogP contribution in [0.5, 0.6) is 5.75 Å². The SMILES string of the molecule is CC(=O)OCC1COc2cc(Cl)cc(Br)c2N1. The molecule has 1 aromatic rings. The molecule has 1 aromatic carbocycles. The number of esters is 1. The number of fused-ring (bicyclic) bond motifs is 1. The van der Waals surface area contributed by atoms with Crippen LogP contribution in [0.1, 0.15) is 6.92 Å². The van der Waals surface area contributed by atoms with E-state index in [4.69, 9.17) is 21.1 Å². The zero-order valence-corrected chi connectivity index (χ0v) is 11.5. The van der Waals surface area contributed by atoms with E-state index in [9.17, 15) is 4.79 Å². The van der Waals surface area contributed by atoms with Gasteiger partial charge in [-0.1, -0.05) is 11.6 Å². The minimum Gasteiger partial charge on any atom is -0.489 e. The number of hydrogen-bond acceptors (Lipinski definition) is 4. The monoisotopic (exact) mass is 319 g/mol. The summed E-state index contributed by atoms with van der Waals surface area (Å²) in [7, 11) is 0. The molecule has 0 saturated carbocycles. The second kappa shape index (κ2) is 5.14. The summed E-state index contributed by atoms with van der Waals surface area (Å²) in [6.07, 6.45) is 0. The summed E-state index contributed by atoms with van der Waals surface area (Å²) in [5, 5.41) is 3.85. The van der Waals surface area contributed by atoms with Crippen molar-refractivity contribution in [3.8, 4) is 5.75 Å². The summed E-state index contributed by atoms with van der Waals surface area (Å²) in [5.41, 5.74) is 0.831. The molecule has 1 aliphatic rings. The topological polar surface area (TPSA) is 47.6 Å². The average Bonchev–Trinajstić information content (AvgIpc) is 2.26. The predicted octanol–water partition coefficient (Wildman–Crippen LogP) is 2.84. The first-order valence-electron chi connectivity index (χ1n) is 5.08. The molecule has 17 heavy (non-hydrogen) atoms. The lowest BCUT2D eigenvalue weighted by Gasteiger charge is -2.28. The molecule has 0 amide bonds. The number of nitrogens with one attached hydrogen (secondary N) is 1. The van der Waals surface area contributed by atoms with E-state index in [1.807, 2.05) is 0 Å². The molecule has 1 N–H and O–H groups in total. The Bertz CT molecular complexity index is 453. The maximum absolute atomic E-state index is 10.7. The van der Waals surface area contributed by atoms with Gasteiger partial charge in [-0.3, -0.25) is 4.79 Å². The quantitative estimate of drug-likeness (QED) is 0.851. The largest absolute Gasteiger partial charge is 0.489 e. The Hall–Kier alpha value is -0.940. The summed E-state index contributed by atoms with van der Waals surface area (Å²) in [6, 6.07) is 3.48. The molecule has 0 aliphatic carbocycles. The smallest absolute Gasteiger partial charge is 0.302 e. The zero-order chi connectivity index (χ0) is 12.4. The Morgan fingerprint density at radius 3 is 3.18 bits per heavy atom. The van der Waals surface area contributed by atoms with E-state index in [0.29, 0.717) is 17.4 Å². The Balaban J connectivity index is 2.10. The molecule has 1 atom stereocenters. The van der Waals surface area contributed by atoms with E-state index in [1.165, 1.54) is 6.92 Å². The fourth-order valence-corrected chi connectivity index (χ4v) is 2.44. The molecular formula is C11H11BrClNO3. The molecule has 1 heterocycles. The number of hydrogen-bond donors (Lipinski definition) is 1. The highest BCUT2D eigenvalue weighted by Gasteiger charge is 2.22. The number of ether oxygens (including phenoxy) is 2. The molecule has 0 spiro atoms. The van der Waals surface area contributed by atoms with Crippen LogP contribution in [0, 0.1) is 0 Å². The van der Waals surface area contributed by atoms with E-state index < -0.39 is 0 Å². The normalized spacial score (nSPS) is 17.7. The molecular weight excluding hydrogens is 309 g/mol. The van der Waals surface area contributed by atoms with Crippen molar-refractivity contribution in [3.63, 3.8) is 0 Å². The maximum Gasteiger partial charge on any atom is 0.302 e. The van der Waals surface area contributed by atoms with Crippen LogP contribution < -0.4 is 10.1 Å². The molecule has 0 radical (unpaired) electrons. The summed E-state index contributed by atoms with van der Waals surface area (Å²) in [6.45, 7) is 2.10. The van der Waals surface area contributed by atoms with Crippen LogP contribution in [0.25, 0.3) is 0 Å². The first-order chi connectivity index (χ1) is 8.06. The number of benzene rings is 1. The number of carbonyl (C=O) groups is 1. The summed E-state index contributed by atoms with van der Waals surface area (Å²) >= 11 is 9.32. The highest BCUT2D eigenvalue weighted by Crippen LogP contribution is 2.38. The third-order valence-electron chi connectivity index (χ3n) is 2.30. The van der Waals surface area contributed by atoms with Gasteiger partial charge in [-0.25, -0.2) is 0 Å². The standard InChI is InChI=1S/C11H11BrClNO3/c1-6(15)16-4-8-5-17-10-3-7(13)2-9(12)11(10)14-8/h2-3,8,14H,4-5H2,1H3. The van der Waals surface area contributed by atoms with E-state index in [1.54, 1.807) is 12.1 Å². The van der Waals surface area contributed by atoms with Crippen molar-refractivity contribution in [1.29, 1.82) is 0 Å². The Morgan fingerprint density at radius 2 is 2.47 bits per heavy atom. The first kappa shape index (κ1) is 12.5. The molecule has 1 unspecified atom stereocenters. The molecule has 0 bridgehead atoms. The Labute approximate surface area is 112 Å². The number of rotatable bonds is 2. The Kier molecular flexibility index (Phi) is 3.79. The van der Waals surface area contributed by atoms with Gasteiger partial charge in [0.05, 0.1) is 11.7 Å². The second-order valence-corrected chi connectivity index (χ2v) is 5.01. The minimum atomic E-state index is -0.298. The summed E-state index contributed by atoms with van der Waals surface area (Å²) < 4.78 is 11.3. The lowest BCUT2D eigenvalue weighted by Crippen LogP contribution is -2.36. The van der Waals surface area contributed by atoms with Gasteiger partial charge in [0.15, 0.2) is 0 Å². The van der Waals surface area contributed by atoms with Crippen molar-refractivity contribution in [2.75, 3.05) is 18.5 Å². The number of anilines is 1. The average molecular weight is 321 g/mol. The van der Waals surface area contributed by atoms with Crippen LogP contribution in [0.3, 0.4) is 0 Å². The molecule has 2 rings (SSSR count). The van der Waals surface area contributed by atoms with Gasteiger partial charge in [0.25, 0.3) is 0 Å². The third kappa shape index (κ3) is 3.04. The molecule has 92 valence electrons. The summed E-state index contributed by atoms with van der Waals surface area (Å²) in [5.74, 6) is 0.399. The fourth-order valence-electron chi connectivity index (χ4n) is 1.55. The van der Waals surface area contributed by atoms with Gasteiger partial charge in [-0.2, -0.15) is 0 Å².